The smallest absolute Gasteiger partial charge is 0.232 e. The number of nitrogens with zero attached hydrogens (tertiary/aromatic N) is 5. The molecule has 6 rings (SSSR count). The van der Waals surface area contributed by atoms with Crippen molar-refractivity contribution in [2.24, 2.45) is 0 Å². The number of ether oxygens (including phenoxy) is 1. The van der Waals surface area contributed by atoms with Crippen LogP contribution in [-0.4, -0.2) is 74.9 Å². The van der Waals surface area contributed by atoms with E-state index in [-0.39, 0.29) is 5.60 Å². The molecule has 0 bridgehead atoms. The van der Waals surface area contributed by atoms with E-state index in [0.29, 0.717) is 40.6 Å². The Kier molecular flexibility index (Phi) is 6.82. The minimum absolute atomic E-state index is 0.312. The minimum atomic E-state index is -3.40. The first-order valence-corrected chi connectivity index (χ1v) is 16.1. The summed E-state index contributed by atoms with van der Waals surface area (Å²) in [6.45, 7) is 8.70. The zero-order valence-corrected chi connectivity index (χ0v) is 25.6. The predicted molar refractivity (Wildman–Crippen MR) is 163 cm³/mol. The second-order valence-electron chi connectivity index (χ2n) is 11.3. The van der Waals surface area contributed by atoms with Gasteiger partial charge in [-0.05, 0) is 67.0 Å². The number of anilines is 6. The van der Waals surface area contributed by atoms with Crippen molar-refractivity contribution in [3.05, 3.63) is 52.1 Å². The van der Waals surface area contributed by atoms with Gasteiger partial charge in [0.25, 0.3) is 0 Å². The van der Waals surface area contributed by atoms with E-state index < -0.39 is 10.0 Å². The van der Waals surface area contributed by atoms with Crippen molar-refractivity contribution < 1.29 is 13.2 Å². The minimum Gasteiger partial charge on any atom is -0.485 e. The number of sulfonamides is 1. The number of rotatable bonds is 6. The van der Waals surface area contributed by atoms with Gasteiger partial charge in [-0.15, -0.1) is 0 Å². The second kappa shape index (κ2) is 10.1. The van der Waals surface area contributed by atoms with Crippen LogP contribution in [0.4, 0.5) is 34.5 Å². The van der Waals surface area contributed by atoms with Crippen LogP contribution < -0.4 is 24.6 Å². The number of aromatic nitrogens is 2. The third-order valence-corrected chi connectivity index (χ3v) is 9.40. The van der Waals surface area contributed by atoms with E-state index in [1.54, 1.807) is 6.20 Å². The van der Waals surface area contributed by atoms with Crippen LogP contribution >= 0.6 is 15.9 Å². The van der Waals surface area contributed by atoms with E-state index >= 15 is 0 Å². The fourth-order valence-corrected chi connectivity index (χ4v) is 6.96. The molecule has 2 aromatic carbocycles. The fourth-order valence-electron chi connectivity index (χ4n) is 5.70. The SMILES string of the molecule is CN1CCN(c2ccc(Nc3ncc(Br)c(Nc4cccc5c4N(S(C)(=O)=O)CC5)n3)c3c2CC(C)(C)O3)CC1. The van der Waals surface area contributed by atoms with Crippen molar-refractivity contribution in [1.29, 1.82) is 0 Å². The number of benzene rings is 2. The highest BCUT2D eigenvalue weighted by Crippen LogP contribution is 2.46. The monoisotopic (exact) mass is 627 g/mol. The molecule has 0 radical (unpaired) electrons. The van der Waals surface area contributed by atoms with E-state index in [2.05, 4.69) is 68.3 Å². The zero-order valence-electron chi connectivity index (χ0n) is 23.2. The van der Waals surface area contributed by atoms with Gasteiger partial charge in [0.05, 0.1) is 27.8 Å². The molecular formula is C28H34BrN7O3S. The highest BCUT2D eigenvalue weighted by Gasteiger charge is 2.36. The van der Waals surface area contributed by atoms with E-state index in [9.17, 15) is 8.42 Å². The Bertz CT molecular complexity index is 1570. The lowest BCUT2D eigenvalue weighted by atomic mass is 9.99. The maximum Gasteiger partial charge on any atom is 0.232 e. The molecular weight excluding hydrogens is 594 g/mol. The summed E-state index contributed by atoms with van der Waals surface area (Å²) in [7, 11) is -1.24. The van der Waals surface area contributed by atoms with Crippen molar-refractivity contribution in [3.8, 4) is 5.75 Å². The molecule has 3 aromatic rings. The van der Waals surface area contributed by atoms with Crippen molar-refractivity contribution in [2.75, 3.05) is 65.9 Å². The van der Waals surface area contributed by atoms with Gasteiger partial charge in [-0.3, -0.25) is 4.31 Å². The van der Waals surface area contributed by atoms with Crippen LogP contribution in [0.15, 0.2) is 41.0 Å². The Morgan fingerprint density at radius 2 is 1.80 bits per heavy atom. The molecule has 12 heteroatoms. The summed E-state index contributed by atoms with van der Waals surface area (Å²) in [5, 5.41) is 6.71. The summed E-state index contributed by atoms with van der Waals surface area (Å²) in [5.74, 6) is 1.77. The van der Waals surface area contributed by atoms with Crippen molar-refractivity contribution in [2.45, 2.75) is 32.3 Å². The van der Waals surface area contributed by atoms with Crippen LogP contribution in [0.2, 0.25) is 0 Å². The summed E-state index contributed by atoms with van der Waals surface area (Å²) in [6.07, 6.45) is 4.40. The normalized spacial score (nSPS) is 18.3. The molecule has 0 saturated carbocycles. The fraction of sp³-hybridized carbons (Fsp3) is 0.429. The molecule has 4 heterocycles. The Hall–Kier alpha value is -3.09. The summed E-state index contributed by atoms with van der Waals surface area (Å²) in [5.41, 5.74) is 5.26. The molecule has 40 heavy (non-hydrogen) atoms. The molecule has 0 amide bonds. The van der Waals surface area contributed by atoms with Gasteiger partial charge in [0.15, 0.2) is 0 Å². The Balaban J connectivity index is 1.30. The highest BCUT2D eigenvalue weighted by atomic mass is 79.9. The number of halogens is 1. The summed E-state index contributed by atoms with van der Waals surface area (Å²) >= 11 is 3.55. The molecule has 2 N–H and O–H groups in total. The van der Waals surface area contributed by atoms with Gasteiger partial charge < -0.3 is 25.2 Å². The number of fused-ring (bicyclic) bond motifs is 2. The first-order chi connectivity index (χ1) is 19.0. The van der Waals surface area contributed by atoms with Crippen LogP contribution in [0.3, 0.4) is 0 Å². The lowest BCUT2D eigenvalue weighted by molar-refractivity contribution is 0.139. The quantitative estimate of drug-likeness (QED) is 0.408. The number of likely N-dealkylation sites (N-methyl/N-ethyl adjacent to an activating group) is 1. The number of nitrogens with one attached hydrogen (secondary N) is 2. The van der Waals surface area contributed by atoms with Crippen molar-refractivity contribution in [3.63, 3.8) is 0 Å². The first-order valence-electron chi connectivity index (χ1n) is 13.4. The van der Waals surface area contributed by atoms with Crippen LogP contribution in [0.25, 0.3) is 0 Å². The predicted octanol–water partition coefficient (Wildman–Crippen LogP) is 4.51. The van der Waals surface area contributed by atoms with Crippen molar-refractivity contribution >= 4 is 60.5 Å². The Morgan fingerprint density at radius 3 is 2.55 bits per heavy atom. The van der Waals surface area contributed by atoms with E-state index in [1.165, 1.54) is 21.8 Å². The number of hydrogen-bond acceptors (Lipinski definition) is 9. The van der Waals surface area contributed by atoms with E-state index in [0.717, 1.165) is 49.6 Å². The third-order valence-electron chi connectivity index (χ3n) is 7.66. The summed E-state index contributed by atoms with van der Waals surface area (Å²) in [4.78, 5) is 14.0. The van der Waals surface area contributed by atoms with Crippen LogP contribution in [0, 0.1) is 0 Å². The molecule has 1 aromatic heterocycles. The average molecular weight is 629 g/mol. The molecule has 212 valence electrons. The number of para-hydroxylation sites is 1. The largest absolute Gasteiger partial charge is 0.485 e. The van der Waals surface area contributed by atoms with Crippen molar-refractivity contribution in [1.82, 2.24) is 14.9 Å². The summed E-state index contributed by atoms with van der Waals surface area (Å²) < 4.78 is 33.4. The van der Waals surface area contributed by atoms with Gasteiger partial charge in [-0.2, -0.15) is 4.98 Å². The van der Waals surface area contributed by atoms with E-state index in [1.807, 2.05) is 24.3 Å². The van der Waals surface area contributed by atoms with Crippen LogP contribution in [-0.2, 0) is 22.9 Å². The molecule has 3 aliphatic rings. The molecule has 0 unspecified atom stereocenters. The first kappa shape index (κ1) is 27.1. The van der Waals surface area contributed by atoms with Gasteiger partial charge in [0, 0.05) is 56.6 Å². The molecule has 10 nitrogen and oxygen atoms in total. The molecule has 0 spiro atoms. The zero-order chi connectivity index (χ0) is 28.2. The highest BCUT2D eigenvalue weighted by molar-refractivity contribution is 9.10. The van der Waals surface area contributed by atoms with E-state index in [4.69, 9.17) is 9.72 Å². The van der Waals surface area contributed by atoms with Gasteiger partial charge in [0.2, 0.25) is 16.0 Å². The topological polar surface area (TPSA) is 103 Å². The molecule has 1 fully saturated rings. The molecule has 0 atom stereocenters. The van der Waals surface area contributed by atoms with Gasteiger partial charge in [-0.25, -0.2) is 13.4 Å². The second-order valence-corrected chi connectivity index (χ2v) is 14.1. The Labute approximate surface area is 243 Å². The number of hydrogen-bond donors (Lipinski definition) is 2. The van der Waals surface area contributed by atoms with Crippen LogP contribution in [0.5, 0.6) is 5.75 Å². The lowest BCUT2D eigenvalue weighted by Gasteiger charge is -2.35. The summed E-state index contributed by atoms with van der Waals surface area (Å²) in [6, 6.07) is 9.96. The average Bonchev–Trinajstić information content (AvgIpc) is 3.48. The van der Waals surface area contributed by atoms with Crippen LogP contribution in [0.1, 0.15) is 25.0 Å². The Morgan fingerprint density at radius 1 is 1.02 bits per heavy atom. The molecule has 0 aliphatic carbocycles. The maximum absolute atomic E-state index is 12.4. The maximum atomic E-state index is 12.4. The van der Waals surface area contributed by atoms with Gasteiger partial charge in [-0.1, -0.05) is 12.1 Å². The van der Waals surface area contributed by atoms with Gasteiger partial charge >= 0.3 is 0 Å². The number of piperazine rings is 1. The molecule has 3 aliphatic heterocycles. The lowest BCUT2D eigenvalue weighted by Crippen LogP contribution is -2.44. The third kappa shape index (κ3) is 5.19. The molecule has 1 saturated heterocycles. The standard InChI is InChI=1S/C28H34BrN7O3S/c1-28(2)16-19-23(35-14-12-34(3)13-15-35)9-8-22(25(19)39-28)32-27-30-17-20(29)26(33-27)31-21-7-5-6-18-10-11-36(24(18)21)40(4,37)38/h5-9,17H,10-16H2,1-4H3,(H2,30,31,32,33). The van der Waals surface area contributed by atoms with Gasteiger partial charge in [0.1, 0.15) is 17.2 Å².